The highest BCUT2D eigenvalue weighted by Gasteiger charge is 2.36. The molecule has 1 aliphatic rings. The minimum absolute atomic E-state index is 0.400. The summed E-state index contributed by atoms with van der Waals surface area (Å²) in [5.74, 6) is -1.02. The Morgan fingerprint density at radius 1 is 1.20 bits per heavy atom. The number of alkyl halides is 3. The van der Waals surface area contributed by atoms with Crippen LogP contribution in [-0.4, -0.2) is 35.8 Å². The highest BCUT2D eigenvalue weighted by molar-refractivity contribution is 5.73. The largest absolute Gasteiger partial charge is 0.481 e. The van der Waals surface area contributed by atoms with Gasteiger partial charge >= 0.3 is 12.1 Å². The van der Waals surface area contributed by atoms with Crippen LogP contribution in [0.2, 0.25) is 0 Å². The summed E-state index contributed by atoms with van der Waals surface area (Å²) in [5.41, 5.74) is -0.823. The predicted octanol–water partition coefficient (Wildman–Crippen LogP) is 4.74. The molecule has 1 aromatic heterocycles. The molecule has 2 N–H and O–H groups in total. The van der Waals surface area contributed by atoms with E-state index in [1.54, 1.807) is 0 Å². The Morgan fingerprint density at radius 2 is 1.90 bits per heavy atom. The Labute approximate surface area is 174 Å². The van der Waals surface area contributed by atoms with Crippen molar-refractivity contribution in [3.8, 4) is 5.88 Å². The number of pyridine rings is 1. The molecule has 30 heavy (non-hydrogen) atoms. The molecule has 1 atom stereocenters. The third kappa shape index (κ3) is 7.02. The maximum Gasteiger partial charge on any atom is 0.421 e. The number of hydrogen-bond acceptors (Lipinski definition) is 4. The van der Waals surface area contributed by atoms with Gasteiger partial charge in [-0.3, -0.25) is 4.79 Å². The quantitative estimate of drug-likeness (QED) is 0.725. The highest BCUT2D eigenvalue weighted by Crippen LogP contribution is 2.35. The minimum atomic E-state index is -4.59. The second kappa shape index (κ2) is 10.4. The Bertz CT molecular complexity index is 805. The van der Waals surface area contributed by atoms with Crippen molar-refractivity contribution in [3.63, 3.8) is 0 Å². The first-order chi connectivity index (χ1) is 14.1. The Morgan fingerprint density at radius 3 is 2.47 bits per heavy atom. The average molecular weight is 424 g/mol. The van der Waals surface area contributed by atoms with Crippen LogP contribution < -0.4 is 10.1 Å². The average Bonchev–Trinajstić information content (AvgIpc) is 2.73. The van der Waals surface area contributed by atoms with E-state index in [-0.39, 0.29) is 0 Å². The number of halogens is 3. The smallest absolute Gasteiger partial charge is 0.421 e. The third-order valence-electron chi connectivity index (χ3n) is 4.79. The molecule has 0 spiro atoms. The van der Waals surface area contributed by atoms with Crippen molar-refractivity contribution in [2.45, 2.75) is 38.8 Å². The Kier molecular flexibility index (Phi) is 8.23. The molecule has 2 heterocycles. The molecule has 3 rings (SSSR count). The van der Waals surface area contributed by atoms with Crippen LogP contribution in [0.5, 0.6) is 5.88 Å². The first-order valence-corrected chi connectivity index (χ1v) is 9.75. The first kappa shape index (κ1) is 23.7. The van der Waals surface area contributed by atoms with E-state index in [0.717, 1.165) is 30.8 Å². The number of rotatable bonds is 5. The van der Waals surface area contributed by atoms with Crippen LogP contribution in [0.25, 0.3) is 0 Å². The van der Waals surface area contributed by atoms with Gasteiger partial charge in [-0.1, -0.05) is 30.3 Å². The lowest BCUT2D eigenvalue weighted by molar-refractivity contribution is -0.148. The third-order valence-corrected chi connectivity index (χ3v) is 4.79. The van der Waals surface area contributed by atoms with Gasteiger partial charge in [-0.25, -0.2) is 4.98 Å². The summed E-state index contributed by atoms with van der Waals surface area (Å²) in [6.45, 7) is 4.66. The molecule has 8 heteroatoms. The van der Waals surface area contributed by atoms with Crippen molar-refractivity contribution in [3.05, 3.63) is 59.8 Å². The van der Waals surface area contributed by atoms with Gasteiger partial charge in [-0.15, -0.1) is 0 Å². The van der Waals surface area contributed by atoms with E-state index in [1.807, 2.05) is 0 Å². The van der Waals surface area contributed by atoms with Crippen molar-refractivity contribution in [2.75, 3.05) is 19.7 Å². The number of ether oxygens (including phenoxy) is 1. The van der Waals surface area contributed by atoms with Crippen molar-refractivity contribution in [1.82, 2.24) is 10.3 Å². The molecule has 0 radical (unpaired) electrons. The van der Waals surface area contributed by atoms with Crippen LogP contribution in [0.3, 0.4) is 0 Å². The van der Waals surface area contributed by atoms with Gasteiger partial charge in [0.2, 0.25) is 5.88 Å². The molecule has 5 nitrogen and oxygen atoms in total. The summed E-state index contributed by atoms with van der Waals surface area (Å²) in [5, 5.41) is 12.3. The fraction of sp³-hybridized carbons (Fsp3) is 0.455. The molecule has 1 unspecified atom stereocenters. The Hall–Kier alpha value is -2.61. The van der Waals surface area contributed by atoms with E-state index in [2.05, 4.69) is 40.6 Å². The molecule has 0 amide bonds. The predicted molar refractivity (Wildman–Crippen MR) is 107 cm³/mol. The molecule has 1 saturated heterocycles. The number of hydrogen-bond donors (Lipinski definition) is 2. The lowest BCUT2D eigenvalue weighted by Gasteiger charge is -2.22. The topological polar surface area (TPSA) is 71.5 Å². The van der Waals surface area contributed by atoms with Crippen LogP contribution in [0.1, 0.15) is 43.7 Å². The van der Waals surface area contributed by atoms with Crippen LogP contribution in [0.4, 0.5) is 13.2 Å². The second-order valence-electron chi connectivity index (χ2n) is 7.79. The fourth-order valence-corrected chi connectivity index (χ4v) is 2.89. The number of carboxylic acid groups (broad SMARTS) is 1. The maximum atomic E-state index is 12.6. The van der Waals surface area contributed by atoms with Crippen molar-refractivity contribution >= 4 is 5.97 Å². The van der Waals surface area contributed by atoms with Gasteiger partial charge in [-0.05, 0) is 56.8 Å². The summed E-state index contributed by atoms with van der Waals surface area (Å²) in [6.07, 6.45) is -0.772. The normalized spacial score (nSPS) is 16.9. The monoisotopic (exact) mass is 424 g/mol. The van der Waals surface area contributed by atoms with E-state index in [0.29, 0.717) is 0 Å². The standard InChI is InChI=1S/C11H12F3NO3.C11H15N/c1-10(2,9(16)17)6-18-8-7(11(12,13)14)4-3-5-15-8;1-2-5-10(6-3-1)11-7-4-8-12-9-11/h3-5H,6H2,1-2H3,(H,16,17);1-3,5-6,11-12H,4,7-9H2. The fourth-order valence-electron chi connectivity index (χ4n) is 2.89. The molecule has 1 fully saturated rings. The number of aliphatic carboxylic acids is 1. The Balaban J connectivity index is 0.000000230. The zero-order chi connectivity index (χ0) is 22.2. The number of aromatic nitrogens is 1. The molecule has 0 aliphatic carbocycles. The molecular formula is C22H27F3N2O3. The summed E-state index contributed by atoms with van der Waals surface area (Å²) < 4.78 is 42.6. The van der Waals surface area contributed by atoms with Gasteiger partial charge in [0, 0.05) is 12.7 Å². The number of nitrogens with one attached hydrogen (secondary N) is 1. The summed E-state index contributed by atoms with van der Waals surface area (Å²) in [6, 6.07) is 12.8. The van der Waals surface area contributed by atoms with Crippen LogP contribution in [-0.2, 0) is 11.0 Å². The molecule has 2 aromatic rings. The molecule has 1 aromatic carbocycles. The first-order valence-electron chi connectivity index (χ1n) is 9.75. The van der Waals surface area contributed by atoms with Gasteiger partial charge in [-0.2, -0.15) is 13.2 Å². The van der Waals surface area contributed by atoms with Crippen LogP contribution in [0, 0.1) is 5.41 Å². The zero-order valence-corrected chi connectivity index (χ0v) is 17.1. The lowest BCUT2D eigenvalue weighted by atomic mass is 9.92. The van der Waals surface area contributed by atoms with E-state index in [4.69, 9.17) is 9.84 Å². The van der Waals surface area contributed by atoms with Gasteiger partial charge < -0.3 is 15.2 Å². The van der Waals surface area contributed by atoms with Gasteiger partial charge in [0.15, 0.2) is 0 Å². The second-order valence-corrected chi connectivity index (χ2v) is 7.79. The molecule has 0 bridgehead atoms. The van der Waals surface area contributed by atoms with Crippen LogP contribution >= 0.6 is 0 Å². The molecular weight excluding hydrogens is 397 g/mol. The number of benzene rings is 1. The molecule has 1 aliphatic heterocycles. The van der Waals surface area contributed by atoms with E-state index < -0.39 is 35.6 Å². The van der Waals surface area contributed by atoms with Crippen molar-refractivity contribution in [1.29, 1.82) is 0 Å². The van der Waals surface area contributed by atoms with E-state index in [9.17, 15) is 18.0 Å². The number of piperidine rings is 1. The highest BCUT2D eigenvalue weighted by atomic mass is 19.4. The number of carboxylic acids is 1. The SMILES string of the molecule is CC(C)(COc1ncccc1C(F)(F)F)C(=O)O.c1ccc(C2CCCNC2)cc1. The molecule has 0 saturated carbocycles. The molecule has 164 valence electrons. The minimum Gasteiger partial charge on any atom is -0.481 e. The van der Waals surface area contributed by atoms with Crippen molar-refractivity contribution in [2.24, 2.45) is 5.41 Å². The number of carbonyl (C=O) groups is 1. The van der Waals surface area contributed by atoms with E-state index >= 15 is 0 Å². The lowest BCUT2D eigenvalue weighted by Crippen LogP contribution is -2.31. The van der Waals surface area contributed by atoms with Gasteiger partial charge in [0.25, 0.3) is 0 Å². The summed E-state index contributed by atoms with van der Waals surface area (Å²) >= 11 is 0. The van der Waals surface area contributed by atoms with Gasteiger partial charge in [0.1, 0.15) is 12.2 Å². The van der Waals surface area contributed by atoms with Crippen molar-refractivity contribution < 1.29 is 27.8 Å². The maximum absolute atomic E-state index is 12.6. The van der Waals surface area contributed by atoms with Crippen LogP contribution in [0.15, 0.2) is 48.7 Å². The summed E-state index contributed by atoms with van der Waals surface area (Å²) in [4.78, 5) is 14.3. The zero-order valence-electron chi connectivity index (χ0n) is 17.1. The number of nitrogens with zero attached hydrogens (tertiary/aromatic N) is 1. The van der Waals surface area contributed by atoms with E-state index in [1.165, 1.54) is 38.8 Å². The van der Waals surface area contributed by atoms with Gasteiger partial charge in [0.05, 0.1) is 5.41 Å². The summed E-state index contributed by atoms with van der Waals surface area (Å²) in [7, 11) is 0.